The highest BCUT2D eigenvalue weighted by atomic mass is 32.1. The summed E-state index contributed by atoms with van der Waals surface area (Å²) in [7, 11) is 1.58. The standard InChI is InChI=1S/C16H20N2O3S/c1-4-5-11-6-13(15(19)8-16(11)21-3)14(18-20)7-12-9-22-10(2)17-12/h6,8-9,19-20H,4-5,7H2,1-3H3. The molecule has 0 aliphatic heterocycles. The summed E-state index contributed by atoms with van der Waals surface area (Å²) in [6, 6.07) is 3.39. The highest BCUT2D eigenvalue weighted by Crippen LogP contribution is 2.30. The summed E-state index contributed by atoms with van der Waals surface area (Å²) in [5, 5.41) is 25.8. The molecule has 22 heavy (non-hydrogen) atoms. The van der Waals surface area contributed by atoms with Gasteiger partial charge in [-0.2, -0.15) is 0 Å². The van der Waals surface area contributed by atoms with Gasteiger partial charge in [-0.3, -0.25) is 0 Å². The third-order valence-corrected chi connectivity index (χ3v) is 4.19. The number of phenolic OH excluding ortho intramolecular Hbond substituents is 1. The second-order valence-corrected chi connectivity index (χ2v) is 6.07. The molecule has 1 aromatic carbocycles. The molecule has 0 radical (unpaired) electrons. The van der Waals surface area contributed by atoms with E-state index in [1.165, 1.54) is 0 Å². The Kier molecular flexibility index (Phi) is 5.38. The van der Waals surface area contributed by atoms with Crippen molar-refractivity contribution in [1.29, 1.82) is 0 Å². The Labute approximate surface area is 133 Å². The van der Waals surface area contributed by atoms with E-state index in [1.807, 2.05) is 18.4 Å². The number of aryl methyl sites for hydroxylation is 2. The minimum absolute atomic E-state index is 0.0384. The van der Waals surface area contributed by atoms with Crippen LogP contribution >= 0.6 is 11.3 Å². The maximum atomic E-state index is 10.2. The molecular weight excluding hydrogens is 300 g/mol. The molecule has 0 unspecified atom stereocenters. The highest BCUT2D eigenvalue weighted by Gasteiger charge is 2.16. The Bertz CT molecular complexity index is 680. The number of hydrogen-bond acceptors (Lipinski definition) is 6. The Morgan fingerprint density at radius 2 is 2.18 bits per heavy atom. The molecule has 0 aliphatic carbocycles. The molecule has 0 saturated carbocycles. The van der Waals surface area contributed by atoms with Gasteiger partial charge in [-0.15, -0.1) is 11.3 Å². The van der Waals surface area contributed by atoms with Gasteiger partial charge in [-0.1, -0.05) is 18.5 Å². The second-order valence-electron chi connectivity index (χ2n) is 5.01. The van der Waals surface area contributed by atoms with Gasteiger partial charge < -0.3 is 15.1 Å². The summed E-state index contributed by atoms with van der Waals surface area (Å²) in [6.45, 7) is 4.00. The van der Waals surface area contributed by atoms with Crippen LogP contribution in [0.25, 0.3) is 0 Å². The number of benzene rings is 1. The number of nitrogens with zero attached hydrogens (tertiary/aromatic N) is 2. The van der Waals surface area contributed by atoms with Crippen molar-refractivity contribution < 1.29 is 15.1 Å². The average Bonchev–Trinajstić information content (AvgIpc) is 2.92. The lowest BCUT2D eigenvalue weighted by Crippen LogP contribution is -2.08. The maximum Gasteiger partial charge on any atom is 0.128 e. The van der Waals surface area contributed by atoms with Crippen molar-refractivity contribution in [2.75, 3.05) is 7.11 Å². The molecule has 0 atom stereocenters. The quantitative estimate of drug-likeness (QED) is 0.485. The minimum Gasteiger partial charge on any atom is -0.507 e. The molecule has 0 aliphatic rings. The van der Waals surface area contributed by atoms with Gasteiger partial charge >= 0.3 is 0 Å². The fourth-order valence-corrected chi connectivity index (χ4v) is 2.96. The molecule has 1 heterocycles. The third-order valence-electron chi connectivity index (χ3n) is 3.36. The number of aromatic hydroxyl groups is 1. The number of methoxy groups -OCH3 is 1. The molecule has 2 aromatic rings. The van der Waals surface area contributed by atoms with E-state index < -0.39 is 0 Å². The van der Waals surface area contributed by atoms with Crippen LogP contribution < -0.4 is 4.74 Å². The van der Waals surface area contributed by atoms with Crippen molar-refractivity contribution in [1.82, 2.24) is 4.98 Å². The highest BCUT2D eigenvalue weighted by molar-refractivity contribution is 7.09. The van der Waals surface area contributed by atoms with E-state index in [4.69, 9.17) is 4.74 Å². The SMILES string of the molecule is CCCc1cc(C(Cc2csc(C)n2)=NO)c(O)cc1OC. The van der Waals surface area contributed by atoms with Crippen LogP contribution in [-0.4, -0.2) is 28.1 Å². The van der Waals surface area contributed by atoms with Crippen LogP contribution in [0.3, 0.4) is 0 Å². The Hall–Kier alpha value is -2.08. The lowest BCUT2D eigenvalue weighted by molar-refractivity contribution is 0.318. The third kappa shape index (κ3) is 3.57. The summed E-state index contributed by atoms with van der Waals surface area (Å²) in [6.07, 6.45) is 2.15. The molecule has 0 spiro atoms. The monoisotopic (exact) mass is 320 g/mol. The number of oxime groups is 1. The zero-order valence-electron chi connectivity index (χ0n) is 13.0. The Morgan fingerprint density at radius 1 is 1.41 bits per heavy atom. The number of thiazole rings is 1. The van der Waals surface area contributed by atoms with Crippen LogP contribution in [-0.2, 0) is 12.8 Å². The fraction of sp³-hybridized carbons (Fsp3) is 0.375. The van der Waals surface area contributed by atoms with Crippen molar-refractivity contribution in [3.8, 4) is 11.5 Å². The van der Waals surface area contributed by atoms with Gasteiger partial charge in [0.25, 0.3) is 0 Å². The molecule has 0 fully saturated rings. The van der Waals surface area contributed by atoms with Gasteiger partial charge in [0.15, 0.2) is 0 Å². The smallest absolute Gasteiger partial charge is 0.128 e. The Balaban J connectivity index is 2.38. The molecule has 0 amide bonds. The first-order chi connectivity index (χ1) is 10.6. The van der Waals surface area contributed by atoms with Crippen molar-refractivity contribution in [3.63, 3.8) is 0 Å². The molecular formula is C16H20N2O3S. The lowest BCUT2D eigenvalue weighted by atomic mass is 9.99. The van der Waals surface area contributed by atoms with Gasteiger partial charge in [0.05, 0.1) is 23.5 Å². The van der Waals surface area contributed by atoms with Crippen molar-refractivity contribution in [2.24, 2.45) is 5.16 Å². The van der Waals surface area contributed by atoms with Gasteiger partial charge in [0.1, 0.15) is 11.5 Å². The normalized spacial score (nSPS) is 11.7. The predicted molar refractivity (Wildman–Crippen MR) is 87.5 cm³/mol. The molecule has 0 bridgehead atoms. The van der Waals surface area contributed by atoms with Crippen LogP contribution in [0.15, 0.2) is 22.7 Å². The van der Waals surface area contributed by atoms with E-state index in [-0.39, 0.29) is 5.75 Å². The minimum atomic E-state index is 0.0384. The van der Waals surface area contributed by atoms with E-state index in [9.17, 15) is 10.3 Å². The van der Waals surface area contributed by atoms with E-state index in [0.29, 0.717) is 23.4 Å². The first kappa shape index (κ1) is 16.3. The van der Waals surface area contributed by atoms with Crippen LogP contribution in [0.4, 0.5) is 0 Å². The first-order valence-electron chi connectivity index (χ1n) is 7.11. The number of hydrogen-bond donors (Lipinski definition) is 2. The van der Waals surface area contributed by atoms with E-state index in [1.54, 1.807) is 24.5 Å². The number of phenols is 1. The number of rotatable bonds is 6. The topological polar surface area (TPSA) is 74.9 Å². The molecule has 118 valence electrons. The summed E-state index contributed by atoms with van der Waals surface area (Å²) in [5.74, 6) is 0.682. The molecule has 1 aromatic heterocycles. The number of aromatic nitrogens is 1. The molecule has 2 N–H and O–H groups in total. The fourth-order valence-electron chi connectivity index (χ4n) is 2.35. The van der Waals surface area contributed by atoms with Crippen molar-refractivity contribution >= 4 is 17.0 Å². The molecule has 6 heteroatoms. The zero-order chi connectivity index (χ0) is 16.1. The zero-order valence-corrected chi connectivity index (χ0v) is 13.8. The maximum absolute atomic E-state index is 10.2. The lowest BCUT2D eigenvalue weighted by Gasteiger charge is -2.13. The summed E-state index contributed by atoms with van der Waals surface area (Å²) in [5.41, 5.74) is 2.70. The van der Waals surface area contributed by atoms with E-state index in [0.717, 1.165) is 29.1 Å². The predicted octanol–water partition coefficient (Wildman–Crippen LogP) is 3.54. The average molecular weight is 320 g/mol. The van der Waals surface area contributed by atoms with Gasteiger partial charge in [0, 0.05) is 23.4 Å². The second kappa shape index (κ2) is 7.26. The summed E-state index contributed by atoms with van der Waals surface area (Å²) < 4.78 is 5.30. The summed E-state index contributed by atoms with van der Waals surface area (Å²) >= 11 is 1.54. The summed E-state index contributed by atoms with van der Waals surface area (Å²) in [4.78, 5) is 4.37. The van der Waals surface area contributed by atoms with Crippen LogP contribution in [0, 0.1) is 6.92 Å². The number of ether oxygens (including phenoxy) is 1. The van der Waals surface area contributed by atoms with Gasteiger partial charge in [-0.25, -0.2) is 4.98 Å². The van der Waals surface area contributed by atoms with Crippen LogP contribution in [0.5, 0.6) is 11.5 Å². The van der Waals surface area contributed by atoms with Crippen molar-refractivity contribution in [2.45, 2.75) is 33.1 Å². The van der Waals surface area contributed by atoms with Gasteiger partial charge in [0.2, 0.25) is 0 Å². The Morgan fingerprint density at radius 3 is 2.73 bits per heavy atom. The van der Waals surface area contributed by atoms with E-state index >= 15 is 0 Å². The molecule has 0 saturated heterocycles. The molecule has 2 rings (SSSR count). The molecule has 5 nitrogen and oxygen atoms in total. The van der Waals surface area contributed by atoms with Crippen LogP contribution in [0.2, 0.25) is 0 Å². The van der Waals surface area contributed by atoms with Gasteiger partial charge in [-0.05, 0) is 25.0 Å². The van der Waals surface area contributed by atoms with Crippen LogP contribution in [0.1, 0.15) is 35.2 Å². The largest absolute Gasteiger partial charge is 0.507 e. The van der Waals surface area contributed by atoms with Crippen molar-refractivity contribution in [3.05, 3.63) is 39.3 Å². The first-order valence-corrected chi connectivity index (χ1v) is 7.99. The van der Waals surface area contributed by atoms with E-state index in [2.05, 4.69) is 17.1 Å².